The fourth-order valence-corrected chi connectivity index (χ4v) is 10.0. The summed E-state index contributed by atoms with van der Waals surface area (Å²) in [5.41, 5.74) is 0. The summed E-state index contributed by atoms with van der Waals surface area (Å²) in [6.45, 7) is 4.92. The van der Waals surface area contributed by atoms with Crippen LogP contribution in [0.15, 0.2) is 24.3 Å². The van der Waals surface area contributed by atoms with Crippen LogP contribution in [-0.2, 0) is 14.3 Å². The van der Waals surface area contributed by atoms with Crippen LogP contribution in [0.5, 0.6) is 0 Å². The summed E-state index contributed by atoms with van der Waals surface area (Å²) in [5.74, 6) is -0.0664. The highest BCUT2D eigenvalue weighted by atomic mass is 16.5. The van der Waals surface area contributed by atoms with Gasteiger partial charge in [-0.15, -0.1) is 0 Å². The highest BCUT2D eigenvalue weighted by Crippen LogP contribution is 2.18. The Kier molecular flexibility index (Phi) is 59.5. The van der Waals surface area contributed by atoms with Gasteiger partial charge >= 0.3 is 5.97 Å². The SMILES string of the molecule is CCCCCCCCC/C=C\CCCCCCCC(=O)OCCCCCCCCCCCCCCCCCCCCCC(=O)NC(CO)C(O)/C=C/CCCCCCCCCCCCCCCCCCC. The minimum Gasteiger partial charge on any atom is -0.466 e. The minimum absolute atomic E-state index is 0.00155. The first-order valence-electron chi connectivity index (χ1n) is 32.1. The van der Waals surface area contributed by atoms with E-state index in [4.69, 9.17) is 4.74 Å². The molecule has 2 atom stereocenters. The maximum atomic E-state index is 12.5. The Balaban J connectivity index is 3.42. The van der Waals surface area contributed by atoms with E-state index in [0.29, 0.717) is 19.4 Å². The molecule has 0 fully saturated rings. The Morgan fingerprint density at radius 1 is 0.380 bits per heavy atom. The van der Waals surface area contributed by atoms with Gasteiger partial charge in [0.2, 0.25) is 5.91 Å². The third-order valence-corrected chi connectivity index (χ3v) is 15.0. The van der Waals surface area contributed by atoms with Gasteiger partial charge in [-0.05, 0) is 57.8 Å². The molecule has 0 aromatic carbocycles. The smallest absolute Gasteiger partial charge is 0.305 e. The highest BCUT2D eigenvalue weighted by molar-refractivity contribution is 5.76. The molecule has 2 unspecified atom stereocenters. The predicted molar refractivity (Wildman–Crippen MR) is 310 cm³/mol. The Morgan fingerprint density at radius 2 is 0.662 bits per heavy atom. The molecule has 0 aliphatic heterocycles. The molecule has 0 rings (SSSR count). The summed E-state index contributed by atoms with van der Waals surface area (Å²) >= 11 is 0. The van der Waals surface area contributed by atoms with Crippen molar-refractivity contribution in [3.8, 4) is 0 Å². The van der Waals surface area contributed by atoms with E-state index < -0.39 is 12.1 Å². The summed E-state index contributed by atoms with van der Waals surface area (Å²) < 4.78 is 5.49. The van der Waals surface area contributed by atoms with Crippen LogP contribution in [0.3, 0.4) is 0 Å². The van der Waals surface area contributed by atoms with Gasteiger partial charge in [-0.1, -0.05) is 308 Å². The third-order valence-electron chi connectivity index (χ3n) is 15.0. The number of aliphatic hydroxyl groups excluding tert-OH is 2. The van der Waals surface area contributed by atoms with E-state index in [1.54, 1.807) is 6.08 Å². The number of ether oxygens (including phenoxy) is 1. The highest BCUT2D eigenvalue weighted by Gasteiger charge is 2.18. The molecule has 1 amide bonds. The van der Waals surface area contributed by atoms with Crippen LogP contribution in [-0.4, -0.2) is 47.4 Å². The van der Waals surface area contributed by atoms with Crippen LogP contribution < -0.4 is 5.32 Å². The van der Waals surface area contributed by atoms with Crippen LogP contribution in [0.2, 0.25) is 0 Å². The van der Waals surface area contributed by atoms with Gasteiger partial charge in [0.05, 0.1) is 25.4 Å². The Labute approximate surface area is 443 Å². The van der Waals surface area contributed by atoms with Crippen molar-refractivity contribution < 1.29 is 24.5 Å². The molecule has 420 valence electrons. The van der Waals surface area contributed by atoms with Gasteiger partial charge in [0.1, 0.15) is 0 Å². The molecular weight excluding hydrogens is 875 g/mol. The number of esters is 1. The number of carbonyl (C=O) groups excluding carboxylic acids is 2. The maximum Gasteiger partial charge on any atom is 0.305 e. The van der Waals surface area contributed by atoms with Crippen LogP contribution in [0.4, 0.5) is 0 Å². The van der Waals surface area contributed by atoms with Crippen molar-refractivity contribution >= 4 is 11.9 Å². The lowest BCUT2D eigenvalue weighted by atomic mass is 10.0. The van der Waals surface area contributed by atoms with Gasteiger partial charge in [0.15, 0.2) is 0 Å². The number of unbranched alkanes of at least 4 members (excludes halogenated alkanes) is 47. The largest absolute Gasteiger partial charge is 0.466 e. The number of hydrogen-bond acceptors (Lipinski definition) is 5. The number of aliphatic hydroxyl groups is 2. The van der Waals surface area contributed by atoms with E-state index in [9.17, 15) is 19.8 Å². The molecule has 71 heavy (non-hydrogen) atoms. The number of carbonyl (C=O) groups is 2. The first-order valence-corrected chi connectivity index (χ1v) is 32.1. The van der Waals surface area contributed by atoms with E-state index in [2.05, 4.69) is 31.3 Å². The van der Waals surface area contributed by atoms with Crippen molar-refractivity contribution in [3.05, 3.63) is 24.3 Å². The second kappa shape index (κ2) is 60.9. The average molecular weight is 1000 g/mol. The number of nitrogens with one attached hydrogen (secondary N) is 1. The molecule has 0 aliphatic rings. The fourth-order valence-electron chi connectivity index (χ4n) is 10.0. The van der Waals surface area contributed by atoms with Gasteiger partial charge in [-0.2, -0.15) is 0 Å². The maximum absolute atomic E-state index is 12.5. The molecule has 6 heteroatoms. The standard InChI is InChI=1S/C65H125NO5/c1-3-5-7-9-11-13-15-17-19-21-23-26-29-33-37-41-45-49-53-57-63(68)62(61-67)66-64(69)58-54-50-46-42-38-34-30-27-24-22-25-28-32-36-40-44-48-52-56-60-71-65(70)59-55-51-47-43-39-35-31-20-18-16-14-12-10-8-6-4-2/h20,31,53,57,62-63,67-68H,3-19,21-30,32-52,54-56,58-61H2,1-2H3,(H,66,69)/b31-20-,57-53+. The molecule has 0 saturated heterocycles. The molecule has 0 spiro atoms. The van der Waals surface area contributed by atoms with Gasteiger partial charge in [0.25, 0.3) is 0 Å². The van der Waals surface area contributed by atoms with Crippen molar-refractivity contribution in [3.63, 3.8) is 0 Å². The van der Waals surface area contributed by atoms with E-state index in [1.165, 1.54) is 283 Å². The van der Waals surface area contributed by atoms with Gasteiger partial charge in [0, 0.05) is 12.8 Å². The monoisotopic (exact) mass is 1000 g/mol. The molecule has 6 nitrogen and oxygen atoms in total. The Hall–Kier alpha value is -1.66. The lowest BCUT2D eigenvalue weighted by molar-refractivity contribution is -0.143. The molecule has 3 N–H and O–H groups in total. The summed E-state index contributed by atoms with van der Waals surface area (Å²) in [5, 5.41) is 23.2. The predicted octanol–water partition coefficient (Wildman–Crippen LogP) is 20.2. The number of hydrogen-bond donors (Lipinski definition) is 3. The van der Waals surface area contributed by atoms with Crippen molar-refractivity contribution in [1.29, 1.82) is 0 Å². The molecule has 0 aromatic heterocycles. The molecule has 0 heterocycles. The normalized spacial score (nSPS) is 12.7. The van der Waals surface area contributed by atoms with Crippen LogP contribution >= 0.6 is 0 Å². The number of amides is 1. The lowest BCUT2D eigenvalue weighted by Crippen LogP contribution is -2.45. The van der Waals surface area contributed by atoms with Crippen LogP contribution in [0.1, 0.15) is 354 Å². The lowest BCUT2D eigenvalue weighted by Gasteiger charge is -2.20. The second-order valence-electron chi connectivity index (χ2n) is 22.1. The molecule has 0 radical (unpaired) electrons. The van der Waals surface area contributed by atoms with Crippen LogP contribution in [0.25, 0.3) is 0 Å². The summed E-state index contributed by atoms with van der Waals surface area (Å²) in [6.07, 6.45) is 75.0. The molecule has 0 aliphatic carbocycles. The first kappa shape index (κ1) is 69.3. The van der Waals surface area contributed by atoms with E-state index in [-0.39, 0.29) is 18.5 Å². The summed E-state index contributed by atoms with van der Waals surface area (Å²) in [7, 11) is 0. The van der Waals surface area contributed by atoms with Crippen molar-refractivity contribution in [1.82, 2.24) is 5.32 Å². The van der Waals surface area contributed by atoms with Gasteiger partial charge in [-0.25, -0.2) is 0 Å². The third kappa shape index (κ3) is 57.5. The molecule has 0 bridgehead atoms. The fraction of sp³-hybridized carbons (Fsp3) is 0.908. The number of rotatable bonds is 60. The minimum atomic E-state index is -0.847. The van der Waals surface area contributed by atoms with Crippen LogP contribution in [0, 0.1) is 0 Å². The van der Waals surface area contributed by atoms with Crippen molar-refractivity contribution in [2.45, 2.75) is 366 Å². The zero-order chi connectivity index (χ0) is 51.4. The molecular formula is C65H125NO5. The Morgan fingerprint density at radius 3 is 1.00 bits per heavy atom. The molecule has 0 aromatic rings. The van der Waals surface area contributed by atoms with Crippen molar-refractivity contribution in [2.75, 3.05) is 13.2 Å². The van der Waals surface area contributed by atoms with E-state index >= 15 is 0 Å². The van der Waals surface area contributed by atoms with Gasteiger partial charge in [-0.3, -0.25) is 9.59 Å². The van der Waals surface area contributed by atoms with Gasteiger partial charge < -0.3 is 20.3 Å². The first-order chi connectivity index (χ1) is 35.0. The number of allylic oxidation sites excluding steroid dienone is 3. The van der Waals surface area contributed by atoms with Crippen molar-refractivity contribution in [2.24, 2.45) is 0 Å². The summed E-state index contributed by atoms with van der Waals surface area (Å²) in [6, 6.07) is -0.631. The topological polar surface area (TPSA) is 95.9 Å². The quantitative estimate of drug-likeness (QED) is 0.0320. The Bertz CT molecular complexity index is 1110. The van der Waals surface area contributed by atoms with E-state index in [0.717, 1.165) is 44.9 Å². The molecule has 0 saturated carbocycles. The van der Waals surface area contributed by atoms with E-state index in [1.807, 2.05) is 6.08 Å². The second-order valence-corrected chi connectivity index (χ2v) is 22.1. The summed E-state index contributed by atoms with van der Waals surface area (Å²) in [4.78, 5) is 24.6. The zero-order valence-electron chi connectivity index (χ0n) is 48.0. The average Bonchev–Trinajstić information content (AvgIpc) is 3.37. The zero-order valence-corrected chi connectivity index (χ0v) is 48.0.